The number of carbonyl (C=O) groups is 2. The second-order valence-corrected chi connectivity index (χ2v) is 4.88. The van der Waals surface area contributed by atoms with Gasteiger partial charge in [0.15, 0.2) is 0 Å². The quantitative estimate of drug-likeness (QED) is 0.859. The van der Waals surface area contributed by atoms with Gasteiger partial charge < -0.3 is 15.2 Å². The molecule has 120 valence electrons. The van der Waals surface area contributed by atoms with E-state index in [4.69, 9.17) is 9.84 Å². The number of hydrogen-bond donors (Lipinski definition) is 2. The van der Waals surface area contributed by atoms with Gasteiger partial charge in [0, 0.05) is 0 Å². The normalized spacial score (nSPS) is 11.6. The van der Waals surface area contributed by atoms with Crippen molar-refractivity contribution >= 4 is 11.9 Å². The maximum absolute atomic E-state index is 13.0. The average molecular weight is 317 g/mol. The van der Waals surface area contributed by atoms with Gasteiger partial charge in [0.2, 0.25) is 0 Å². The van der Waals surface area contributed by atoms with E-state index in [2.05, 4.69) is 5.32 Å². The number of benzene rings is 2. The molecule has 0 saturated carbocycles. The molecule has 1 amide bonds. The van der Waals surface area contributed by atoms with E-state index in [0.29, 0.717) is 16.9 Å². The van der Waals surface area contributed by atoms with Crippen LogP contribution >= 0.6 is 0 Å². The summed E-state index contributed by atoms with van der Waals surface area (Å²) in [6, 6.07) is 11.2. The summed E-state index contributed by atoms with van der Waals surface area (Å²) in [7, 11) is 1.45. The first-order chi connectivity index (χ1) is 11.0. The van der Waals surface area contributed by atoms with E-state index in [1.165, 1.54) is 31.4 Å². The average Bonchev–Trinajstić information content (AvgIpc) is 2.54. The Morgan fingerprint density at radius 3 is 2.43 bits per heavy atom. The SMILES string of the molecule is COc1ccccc1C(=O)NC(CC(=O)O)c1ccc(F)cc1. The molecule has 2 aromatic carbocycles. The lowest BCUT2D eigenvalue weighted by atomic mass is 10.0. The van der Waals surface area contributed by atoms with Crippen LogP contribution in [0.3, 0.4) is 0 Å². The molecular formula is C17H16FNO4. The second-order valence-electron chi connectivity index (χ2n) is 4.88. The van der Waals surface area contributed by atoms with Crippen LogP contribution < -0.4 is 10.1 Å². The van der Waals surface area contributed by atoms with Crippen molar-refractivity contribution in [3.63, 3.8) is 0 Å². The number of carboxylic acids is 1. The Labute approximate surface area is 132 Å². The highest BCUT2D eigenvalue weighted by molar-refractivity contribution is 5.97. The van der Waals surface area contributed by atoms with Gasteiger partial charge >= 0.3 is 5.97 Å². The molecule has 23 heavy (non-hydrogen) atoms. The molecule has 2 rings (SSSR count). The number of rotatable bonds is 6. The van der Waals surface area contributed by atoms with E-state index in [0.717, 1.165) is 0 Å². The first-order valence-electron chi connectivity index (χ1n) is 6.92. The molecule has 1 atom stereocenters. The predicted octanol–water partition coefficient (Wildman–Crippen LogP) is 2.78. The molecule has 5 nitrogen and oxygen atoms in total. The molecular weight excluding hydrogens is 301 g/mol. The number of methoxy groups -OCH3 is 1. The lowest BCUT2D eigenvalue weighted by Crippen LogP contribution is -2.30. The standard InChI is InChI=1S/C17H16FNO4/c1-23-15-5-3-2-4-13(15)17(22)19-14(10-16(20)21)11-6-8-12(18)9-7-11/h2-9,14H,10H2,1H3,(H,19,22)(H,20,21). The number of para-hydroxylation sites is 1. The van der Waals surface area contributed by atoms with Crippen molar-refractivity contribution in [3.8, 4) is 5.75 Å². The van der Waals surface area contributed by atoms with E-state index < -0.39 is 23.7 Å². The minimum absolute atomic E-state index is 0.299. The third kappa shape index (κ3) is 4.29. The minimum Gasteiger partial charge on any atom is -0.496 e. The monoisotopic (exact) mass is 317 g/mol. The summed E-state index contributed by atoms with van der Waals surface area (Å²) in [6.07, 6.45) is -0.313. The third-order valence-corrected chi connectivity index (χ3v) is 3.31. The molecule has 2 aromatic rings. The topological polar surface area (TPSA) is 75.6 Å². The van der Waals surface area contributed by atoms with Crippen LogP contribution in [0.1, 0.15) is 28.4 Å². The van der Waals surface area contributed by atoms with Crippen LogP contribution in [0.25, 0.3) is 0 Å². The van der Waals surface area contributed by atoms with E-state index in [-0.39, 0.29) is 6.42 Å². The number of carbonyl (C=O) groups excluding carboxylic acids is 1. The van der Waals surface area contributed by atoms with Gasteiger partial charge in [-0.25, -0.2) is 4.39 Å². The van der Waals surface area contributed by atoms with Gasteiger partial charge in [-0.15, -0.1) is 0 Å². The molecule has 0 bridgehead atoms. The molecule has 0 aliphatic heterocycles. The number of halogens is 1. The second kappa shape index (κ2) is 7.40. The molecule has 0 aliphatic carbocycles. The van der Waals surface area contributed by atoms with Crippen LogP contribution in [0.4, 0.5) is 4.39 Å². The number of carboxylic acid groups (broad SMARTS) is 1. The largest absolute Gasteiger partial charge is 0.496 e. The molecule has 0 aromatic heterocycles. The minimum atomic E-state index is -1.07. The summed E-state index contributed by atoms with van der Waals surface area (Å²) in [5, 5.41) is 11.7. The molecule has 1 unspecified atom stereocenters. The third-order valence-electron chi connectivity index (χ3n) is 3.31. The fourth-order valence-corrected chi connectivity index (χ4v) is 2.19. The number of ether oxygens (including phenoxy) is 1. The van der Waals surface area contributed by atoms with Gasteiger partial charge in [0.25, 0.3) is 5.91 Å². The van der Waals surface area contributed by atoms with Crippen molar-refractivity contribution in [2.45, 2.75) is 12.5 Å². The Morgan fingerprint density at radius 1 is 1.17 bits per heavy atom. The van der Waals surface area contributed by atoms with Crippen LogP contribution in [0, 0.1) is 5.82 Å². The summed E-state index contributed by atoms with van der Waals surface area (Å²) < 4.78 is 18.1. The molecule has 0 heterocycles. The summed E-state index contributed by atoms with van der Waals surface area (Å²) in [5.41, 5.74) is 0.810. The zero-order chi connectivity index (χ0) is 16.8. The molecule has 0 spiro atoms. The first-order valence-corrected chi connectivity index (χ1v) is 6.92. The molecule has 0 radical (unpaired) electrons. The number of amides is 1. The van der Waals surface area contributed by atoms with Gasteiger partial charge in [-0.2, -0.15) is 0 Å². The van der Waals surface area contributed by atoms with Crippen molar-refractivity contribution in [1.82, 2.24) is 5.32 Å². The Morgan fingerprint density at radius 2 is 1.83 bits per heavy atom. The van der Waals surface area contributed by atoms with Crippen molar-refractivity contribution in [2.24, 2.45) is 0 Å². The van der Waals surface area contributed by atoms with E-state index in [1.807, 2.05) is 0 Å². The fraction of sp³-hybridized carbons (Fsp3) is 0.176. The van der Waals surface area contributed by atoms with E-state index >= 15 is 0 Å². The van der Waals surface area contributed by atoms with Gasteiger partial charge in [-0.05, 0) is 29.8 Å². The predicted molar refractivity (Wildman–Crippen MR) is 81.9 cm³/mol. The van der Waals surface area contributed by atoms with Crippen molar-refractivity contribution in [2.75, 3.05) is 7.11 Å². The van der Waals surface area contributed by atoms with Crippen molar-refractivity contribution in [1.29, 1.82) is 0 Å². The van der Waals surface area contributed by atoms with Crippen LogP contribution in [-0.4, -0.2) is 24.1 Å². The summed E-state index contributed by atoms with van der Waals surface area (Å²) in [5.74, 6) is -1.57. The van der Waals surface area contributed by atoms with Crippen molar-refractivity contribution < 1.29 is 23.8 Å². The maximum Gasteiger partial charge on any atom is 0.305 e. The van der Waals surface area contributed by atoms with Gasteiger partial charge in [0.05, 0.1) is 25.1 Å². The summed E-state index contributed by atoms with van der Waals surface area (Å²) >= 11 is 0. The van der Waals surface area contributed by atoms with Crippen LogP contribution in [-0.2, 0) is 4.79 Å². The fourth-order valence-electron chi connectivity index (χ4n) is 2.19. The smallest absolute Gasteiger partial charge is 0.305 e. The van der Waals surface area contributed by atoms with Gasteiger partial charge in [-0.1, -0.05) is 24.3 Å². The van der Waals surface area contributed by atoms with Crippen LogP contribution in [0.5, 0.6) is 5.75 Å². The Hall–Kier alpha value is -2.89. The molecule has 6 heteroatoms. The highest BCUT2D eigenvalue weighted by Crippen LogP contribution is 2.21. The maximum atomic E-state index is 13.0. The number of nitrogens with one attached hydrogen (secondary N) is 1. The highest BCUT2D eigenvalue weighted by atomic mass is 19.1. The molecule has 0 fully saturated rings. The van der Waals surface area contributed by atoms with E-state index in [9.17, 15) is 14.0 Å². The highest BCUT2D eigenvalue weighted by Gasteiger charge is 2.20. The lowest BCUT2D eigenvalue weighted by molar-refractivity contribution is -0.137. The molecule has 0 aliphatic rings. The Kier molecular flexibility index (Phi) is 5.30. The Balaban J connectivity index is 2.25. The molecule has 0 saturated heterocycles. The Bertz CT molecular complexity index is 700. The van der Waals surface area contributed by atoms with Crippen LogP contribution in [0.15, 0.2) is 48.5 Å². The lowest BCUT2D eigenvalue weighted by Gasteiger charge is -2.18. The zero-order valence-electron chi connectivity index (χ0n) is 12.5. The van der Waals surface area contributed by atoms with Gasteiger partial charge in [-0.3, -0.25) is 9.59 Å². The number of aliphatic carboxylic acids is 1. The van der Waals surface area contributed by atoms with Crippen molar-refractivity contribution in [3.05, 3.63) is 65.5 Å². The number of hydrogen-bond acceptors (Lipinski definition) is 3. The van der Waals surface area contributed by atoms with E-state index in [1.54, 1.807) is 24.3 Å². The summed E-state index contributed by atoms with van der Waals surface area (Å²) in [4.78, 5) is 23.4. The van der Waals surface area contributed by atoms with Gasteiger partial charge in [0.1, 0.15) is 11.6 Å². The molecule has 2 N–H and O–H groups in total. The first kappa shape index (κ1) is 16.5. The van der Waals surface area contributed by atoms with Crippen LogP contribution in [0.2, 0.25) is 0 Å². The summed E-state index contributed by atoms with van der Waals surface area (Å²) in [6.45, 7) is 0. The zero-order valence-corrected chi connectivity index (χ0v) is 12.5.